The van der Waals surface area contributed by atoms with E-state index in [9.17, 15) is 20.1 Å². The van der Waals surface area contributed by atoms with Gasteiger partial charge in [-0.2, -0.15) is 0 Å². The third kappa shape index (κ3) is 50.5. The van der Waals surface area contributed by atoms with Crippen LogP contribution in [0.3, 0.4) is 0 Å². The van der Waals surface area contributed by atoms with Crippen molar-refractivity contribution in [1.29, 1.82) is 0 Å². The third-order valence-electron chi connectivity index (χ3n) is 14.0. The first-order valence-corrected chi connectivity index (χ1v) is 29.7. The van der Waals surface area contributed by atoms with Gasteiger partial charge in [0.25, 0.3) is 0 Å². The van der Waals surface area contributed by atoms with Crippen molar-refractivity contribution < 1.29 is 20.1 Å². The molecular weight excluding hydrogens is 799 g/mol. The number of carbonyl (C=O) groups is 1. The highest BCUT2D eigenvalue weighted by Crippen LogP contribution is 2.18. The number of hydrogen-bond donors (Lipinski definition) is 4. The van der Waals surface area contributed by atoms with Crippen molar-refractivity contribution in [2.45, 2.75) is 347 Å². The van der Waals surface area contributed by atoms with Crippen molar-refractivity contribution in [3.8, 4) is 0 Å². The number of hydrogen-bond acceptors (Lipinski definition) is 4. The summed E-state index contributed by atoms with van der Waals surface area (Å²) in [6.07, 6.45) is 71.3. The molecule has 0 heterocycles. The first-order valence-electron chi connectivity index (χ1n) is 29.7. The Bertz CT molecular complexity index is 967. The Hall–Kier alpha value is -1.17. The Morgan fingerprint density at radius 1 is 0.369 bits per heavy atom. The van der Waals surface area contributed by atoms with Crippen LogP contribution < -0.4 is 5.32 Å². The van der Waals surface area contributed by atoms with Crippen molar-refractivity contribution in [1.82, 2.24) is 5.32 Å². The molecule has 0 aliphatic carbocycles. The monoisotopic (exact) mass is 916 g/mol. The molecule has 0 aromatic carbocycles. The van der Waals surface area contributed by atoms with Gasteiger partial charge in [-0.15, -0.1) is 0 Å². The lowest BCUT2D eigenvalue weighted by Crippen LogP contribution is -2.48. The second-order valence-corrected chi connectivity index (χ2v) is 20.6. The SMILES string of the molecule is CCCCCCCCCCCCCCCCCCCC/C=C/CC/C=C/C(O)C(CO)NC(=O)C(O)CCCCCCCCCCCCCCCCCCCCCCCCCCCCC. The fourth-order valence-corrected chi connectivity index (χ4v) is 9.44. The summed E-state index contributed by atoms with van der Waals surface area (Å²) >= 11 is 0. The van der Waals surface area contributed by atoms with E-state index in [1.54, 1.807) is 6.08 Å². The van der Waals surface area contributed by atoms with Crippen molar-refractivity contribution in [3.63, 3.8) is 0 Å². The van der Waals surface area contributed by atoms with Crippen molar-refractivity contribution in [2.75, 3.05) is 6.61 Å². The molecule has 0 fully saturated rings. The molecule has 5 heteroatoms. The molecule has 4 N–H and O–H groups in total. The number of aliphatic hydroxyl groups is 3. The summed E-state index contributed by atoms with van der Waals surface area (Å²) in [7, 11) is 0. The first-order chi connectivity index (χ1) is 32.1. The first kappa shape index (κ1) is 63.8. The van der Waals surface area contributed by atoms with Crippen molar-refractivity contribution >= 4 is 5.91 Å². The van der Waals surface area contributed by atoms with E-state index < -0.39 is 24.2 Å². The number of nitrogens with one attached hydrogen (secondary N) is 1. The average Bonchev–Trinajstić information content (AvgIpc) is 3.31. The molecule has 3 atom stereocenters. The third-order valence-corrected chi connectivity index (χ3v) is 14.0. The van der Waals surface area contributed by atoms with Crippen LogP contribution in [0.5, 0.6) is 0 Å². The summed E-state index contributed by atoms with van der Waals surface area (Å²) < 4.78 is 0. The minimum atomic E-state index is -1.10. The summed E-state index contributed by atoms with van der Waals surface area (Å²) in [5.41, 5.74) is 0. The second-order valence-electron chi connectivity index (χ2n) is 20.6. The summed E-state index contributed by atoms with van der Waals surface area (Å²) in [6.45, 7) is 4.22. The normalized spacial score (nSPS) is 13.4. The van der Waals surface area contributed by atoms with Gasteiger partial charge in [0.15, 0.2) is 0 Å². The van der Waals surface area contributed by atoms with Crippen LogP contribution in [0, 0.1) is 0 Å². The summed E-state index contributed by atoms with van der Waals surface area (Å²) in [4.78, 5) is 12.6. The van der Waals surface area contributed by atoms with Crippen LogP contribution in [0.1, 0.15) is 328 Å². The quantitative estimate of drug-likeness (QED) is 0.0361. The Kier molecular flexibility index (Phi) is 54.4. The van der Waals surface area contributed by atoms with Gasteiger partial charge in [-0.05, 0) is 32.1 Å². The van der Waals surface area contributed by atoms with Crippen LogP contribution in [-0.4, -0.2) is 46.1 Å². The molecule has 3 unspecified atom stereocenters. The standard InChI is InChI=1S/C60H117NO4/c1-3-5-7-9-11-13-15-17-19-21-23-25-27-29-30-31-33-35-37-39-41-43-45-47-49-51-53-55-59(64)60(65)61-57(56-62)58(63)54-52-50-48-46-44-42-40-38-36-34-32-28-26-24-22-20-18-16-14-12-10-8-6-4-2/h44,46,52,54,57-59,62-64H,3-43,45,47-51,53,55-56H2,1-2H3,(H,61,65)/b46-44+,54-52+. The van der Waals surface area contributed by atoms with Crippen molar-refractivity contribution in [3.05, 3.63) is 24.3 Å². The molecule has 0 saturated heterocycles. The van der Waals surface area contributed by atoms with Crippen LogP contribution in [-0.2, 0) is 4.79 Å². The average molecular weight is 917 g/mol. The Labute approximate surface area is 407 Å². The molecule has 65 heavy (non-hydrogen) atoms. The van der Waals surface area contributed by atoms with Gasteiger partial charge in [0.05, 0.1) is 18.8 Å². The molecular formula is C60H117NO4. The molecule has 0 saturated carbocycles. The molecule has 0 spiro atoms. The van der Waals surface area contributed by atoms with Crippen molar-refractivity contribution in [2.24, 2.45) is 0 Å². The molecule has 1 amide bonds. The number of carbonyl (C=O) groups excluding carboxylic acids is 1. The summed E-state index contributed by atoms with van der Waals surface area (Å²) in [5.74, 6) is -0.506. The number of allylic oxidation sites excluding steroid dienone is 3. The number of rotatable bonds is 55. The molecule has 0 radical (unpaired) electrons. The van der Waals surface area contributed by atoms with Gasteiger partial charge in [0.1, 0.15) is 6.10 Å². The fraction of sp³-hybridized carbons (Fsp3) is 0.917. The predicted molar refractivity (Wildman–Crippen MR) is 287 cm³/mol. The van der Waals surface area contributed by atoms with Gasteiger partial charge >= 0.3 is 0 Å². The molecule has 0 aromatic heterocycles. The van der Waals surface area contributed by atoms with Crippen LogP contribution in [0.4, 0.5) is 0 Å². The lowest BCUT2D eigenvalue weighted by molar-refractivity contribution is -0.131. The fourth-order valence-electron chi connectivity index (χ4n) is 9.44. The van der Waals surface area contributed by atoms with E-state index in [-0.39, 0.29) is 6.61 Å². The van der Waals surface area contributed by atoms with Crippen LogP contribution in [0.25, 0.3) is 0 Å². The summed E-state index contributed by atoms with van der Waals surface area (Å²) in [5, 5.41) is 33.4. The zero-order valence-electron chi connectivity index (χ0n) is 44.1. The minimum Gasteiger partial charge on any atom is -0.394 e. The van der Waals surface area contributed by atoms with Gasteiger partial charge in [-0.1, -0.05) is 321 Å². The van der Waals surface area contributed by atoms with E-state index in [2.05, 4.69) is 31.3 Å². The predicted octanol–water partition coefficient (Wildman–Crippen LogP) is 18.5. The van der Waals surface area contributed by atoms with E-state index >= 15 is 0 Å². The maximum absolute atomic E-state index is 12.6. The largest absolute Gasteiger partial charge is 0.394 e. The van der Waals surface area contributed by atoms with E-state index in [1.807, 2.05) is 6.08 Å². The number of unbranched alkanes of at least 4 members (excludes halogenated alkanes) is 45. The molecule has 0 aliphatic heterocycles. The van der Waals surface area contributed by atoms with Gasteiger partial charge in [-0.3, -0.25) is 4.79 Å². The van der Waals surface area contributed by atoms with E-state index in [4.69, 9.17) is 0 Å². The van der Waals surface area contributed by atoms with Crippen LogP contribution >= 0.6 is 0 Å². The highest BCUT2D eigenvalue weighted by Gasteiger charge is 2.22. The summed E-state index contributed by atoms with van der Waals surface area (Å²) in [6, 6.07) is -0.813. The maximum atomic E-state index is 12.6. The molecule has 0 bridgehead atoms. The van der Waals surface area contributed by atoms with Gasteiger partial charge < -0.3 is 20.6 Å². The van der Waals surface area contributed by atoms with E-state index in [1.165, 1.54) is 270 Å². The highest BCUT2D eigenvalue weighted by atomic mass is 16.3. The Balaban J connectivity index is 3.56. The Morgan fingerprint density at radius 2 is 0.631 bits per heavy atom. The molecule has 0 rings (SSSR count). The van der Waals surface area contributed by atoms with E-state index in [0.717, 1.165) is 38.5 Å². The lowest BCUT2D eigenvalue weighted by Gasteiger charge is -2.21. The molecule has 0 aliphatic rings. The Morgan fingerprint density at radius 3 is 0.938 bits per heavy atom. The van der Waals surface area contributed by atoms with Gasteiger partial charge in [-0.25, -0.2) is 0 Å². The number of aliphatic hydroxyl groups excluding tert-OH is 3. The smallest absolute Gasteiger partial charge is 0.249 e. The molecule has 0 aromatic rings. The van der Waals surface area contributed by atoms with Gasteiger partial charge in [0, 0.05) is 0 Å². The maximum Gasteiger partial charge on any atom is 0.249 e. The molecule has 386 valence electrons. The second kappa shape index (κ2) is 55.4. The zero-order chi connectivity index (χ0) is 47.2. The highest BCUT2D eigenvalue weighted by molar-refractivity contribution is 5.80. The van der Waals surface area contributed by atoms with E-state index in [0.29, 0.717) is 6.42 Å². The topological polar surface area (TPSA) is 89.8 Å². The van der Waals surface area contributed by atoms with Crippen LogP contribution in [0.15, 0.2) is 24.3 Å². The minimum absolute atomic E-state index is 0.372. The molecule has 5 nitrogen and oxygen atoms in total. The number of amides is 1. The lowest BCUT2D eigenvalue weighted by atomic mass is 10.0. The zero-order valence-corrected chi connectivity index (χ0v) is 44.1. The van der Waals surface area contributed by atoms with Crippen LogP contribution in [0.2, 0.25) is 0 Å². The van der Waals surface area contributed by atoms with Gasteiger partial charge in [0.2, 0.25) is 5.91 Å².